The highest BCUT2D eigenvalue weighted by atomic mass is 16.5. The van der Waals surface area contributed by atoms with E-state index < -0.39 is 0 Å². The molecule has 1 nitrogen and oxygen atoms in total. The number of rotatable bonds is 4. The van der Waals surface area contributed by atoms with Gasteiger partial charge < -0.3 is 4.74 Å². The van der Waals surface area contributed by atoms with E-state index in [2.05, 4.69) is 67.6 Å². The van der Waals surface area contributed by atoms with Gasteiger partial charge in [0.15, 0.2) is 0 Å². The van der Waals surface area contributed by atoms with E-state index in [0.29, 0.717) is 0 Å². The lowest BCUT2D eigenvalue weighted by atomic mass is 9.99. The minimum Gasteiger partial charge on any atom is -0.375 e. The van der Waals surface area contributed by atoms with Crippen molar-refractivity contribution in [1.82, 2.24) is 0 Å². The minimum atomic E-state index is -0.227. The predicted molar refractivity (Wildman–Crippen MR) is 86.7 cm³/mol. The Kier molecular flexibility index (Phi) is 4.41. The fourth-order valence-corrected chi connectivity index (χ4v) is 2.04. The van der Waals surface area contributed by atoms with E-state index in [0.717, 1.165) is 0 Å². The average molecular weight is 266 g/mol. The Hall–Kier alpha value is -1.86. The van der Waals surface area contributed by atoms with Crippen LogP contribution < -0.4 is 0 Å². The first kappa shape index (κ1) is 14.5. The Bertz CT molecular complexity index is 591. The molecule has 0 heterocycles. The first-order chi connectivity index (χ1) is 9.52. The minimum absolute atomic E-state index is 0.227. The molecule has 0 saturated carbocycles. The van der Waals surface area contributed by atoms with Gasteiger partial charge in [0.2, 0.25) is 0 Å². The fraction of sp³-hybridized carbons (Fsp3) is 0.263. The van der Waals surface area contributed by atoms with Crippen molar-refractivity contribution in [3.63, 3.8) is 0 Å². The van der Waals surface area contributed by atoms with E-state index in [4.69, 9.17) is 4.74 Å². The largest absolute Gasteiger partial charge is 0.375 e. The monoisotopic (exact) mass is 266 g/mol. The summed E-state index contributed by atoms with van der Waals surface area (Å²) in [6.07, 6.45) is 4.18. The zero-order valence-corrected chi connectivity index (χ0v) is 12.7. The van der Waals surface area contributed by atoms with Crippen LogP contribution in [-0.4, -0.2) is 12.7 Å². The number of ether oxygens (including phenoxy) is 1. The van der Waals surface area contributed by atoms with Gasteiger partial charge in [0, 0.05) is 7.11 Å². The molecule has 0 N–H and O–H groups in total. The van der Waals surface area contributed by atoms with Crippen LogP contribution in [0.25, 0.3) is 17.2 Å². The van der Waals surface area contributed by atoms with Crippen molar-refractivity contribution < 1.29 is 4.74 Å². The van der Waals surface area contributed by atoms with Gasteiger partial charge in [-0.3, -0.25) is 0 Å². The van der Waals surface area contributed by atoms with E-state index in [1.807, 2.05) is 13.8 Å². The van der Waals surface area contributed by atoms with Crippen LogP contribution in [-0.2, 0) is 4.74 Å². The number of methoxy groups -OCH3 is 1. The topological polar surface area (TPSA) is 9.23 Å². The van der Waals surface area contributed by atoms with Crippen molar-refractivity contribution in [3.8, 4) is 11.1 Å². The quantitative estimate of drug-likeness (QED) is 0.748. The summed E-state index contributed by atoms with van der Waals surface area (Å²) in [7, 11) is 1.73. The predicted octanol–water partition coefficient (Wildman–Crippen LogP) is 5.10. The molecule has 0 aliphatic carbocycles. The Morgan fingerprint density at radius 2 is 1.60 bits per heavy atom. The maximum atomic E-state index is 5.38. The van der Waals surface area contributed by atoms with Gasteiger partial charge in [0.05, 0.1) is 5.60 Å². The molecule has 0 radical (unpaired) electrons. The summed E-state index contributed by atoms with van der Waals surface area (Å²) in [5.41, 5.74) is 4.81. The van der Waals surface area contributed by atoms with E-state index in [1.165, 1.54) is 22.3 Å². The molecule has 1 heteroatoms. The Balaban J connectivity index is 2.21. The third-order valence-electron chi connectivity index (χ3n) is 3.57. The molecule has 0 amide bonds. The Morgan fingerprint density at radius 1 is 0.950 bits per heavy atom. The molecule has 0 atom stereocenters. The highest BCUT2D eigenvalue weighted by Gasteiger charge is 2.10. The van der Waals surface area contributed by atoms with Gasteiger partial charge >= 0.3 is 0 Å². The fourth-order valence-electron chi connectivity index (χ4n) is 2.04. The Labute approximate surface area is 121 Å². The second kappa shape index (κ2) is 6.06. The van der Waals surface area contributed by atoms with Crippen LogP contribution in [0.5, 0.6) is 0 Å². The lowest BCUT2D eigenvalue weighted by Crippen LogP contribution is -2.18. The normalized spacial score (nSPS) is 12.0. The molecule has 0 bridgehead atoms. The van der Waals surface area contributed by atoms with Gasteiger partial charge in [-0.25, -0.2) is 0 Å². The van der Waals surface area contributed by atoms with Gasteiger partial charge in [-0.05, 0) is 43.0 Å². The molecule has 0 fully saturated rings. The molecule has 0 unspecified atom stereocenters. The SMILES string of the molecule is COC(C)(C)C=Cc1ccc(-c2ccccc2C)cc1. The first-order valence-corrected chi connectivity index (χ1v) is 6.92. The van der Waals surface area contributed by atoms with Crippen LogP contribution in [0.15, 0.2) is 54.6 Å². The maximum Gasteiger partial charge on any atom is 0.0805 e. The summed E-state index contributed by atoms with van der Waals surface area (Å²) in [5, 5.41) is 0. The van der Waals surface area contributed by atoms with Crippen molar-refractivity contribution >= 4 is 6.08 Å². The highest BCUT2D eigenvalue weighted by Crippen LogP contribution is 2.23. The van der Waals surface area contributed by atoms with Gasteiger partial charge in [-0.15, -0.1) is 0 Å². The molecule has 0 saturated heterocycles. The van der Waals surface area contributed by atoms with E-state index >= 15 is 0 Å². The molecule has 20 heavy (non-hydrogen) atoms. The van der Waals surface area contributed by atoms with Crippen LogP contribution in [0, 0.1) is 6.92 Å². The summed E-state index contributed by atoms with van der Waals surface area (Å²) >= 11 is 0. The summed E-state index contributed by atoms with van der Waals surface area (Å²) in [6, 6.07) is 17.1. The van der Waals surface area contributed by atoms with Crippen molar-refractivity contribution in [2.24, 2.45) is 0 Å². The zero-order valence-electron chi connectivity index (χ0n) is 12.7. The van der Waals surface area contributed by atoms with E-state index in [9.17, 15) is 0 Å². The van der Waals surface area contributed by atoms with Gasteiger partial charge in [-0.2, -0.15) is 0 Å². The van der Waals surface area contributed by atoms with E-state index in [1.54, 1.807) is 7.11 Å². The second-order valence-corrected chi connectivity index (χ2v) is 5.58. The van der Waals surface area contributed by atoms with Crippen molar-refractivity contribution in [1.29, 1.82) is 0 Å². The van der Waals surface area contributed by atoms with Crippen molar-refractivity contribution in [3.05, 3.63) is 65.7 Å². The number of hydrogen-bond donors (Lipinski definition) is 0. The van der Waals surface area contributed by atoms with Crippen molar-refractivity contribution in [2.75, 3.05) is 7.11 Å². The third-order valence-corrected chi connectivity index (χ3v) is 3.57. The number of hydrogen-bond acceptors (Lipinski definition) is 1. The number of benzene rings is 2. The van der Waals surface area contributed by atoms with Crippen LogP contribution >= 0.6 is 0 Å². The zero-order chi connectivity index (χ0) is 14.6. The van der Waals surface area contributed by atoms with Crippen molar-refractivity contribution in [2.45, 2.75) is 26.4 Å². The molecule has 0 aliphatic heterocycles. The van der Waals surface area contributed by atoms with Crippen LogP contribution in [0.3, 0.4) is 0 Å². The molecule has 104 valence electrons. The van der Waals surface area contributed by atoms with Gasteiger partial charge in [0.1, 0.15) is 0 Å². The third kappa shape index (κ3) is 3.58. The Morgan fingerprint density at radius 3 is 2.20 bits per heavy atom. The summed E-state index contributed by atoms with van der Waals surface area (Å²) in [5.74, 6) is 0. The lowest BCUT2D eigenvalue weighted by Gasteiger charge is -2.17. The van der Waals surface area contributed by atoms with Gasteiger partial charge in [0.25, 0.3) is 0 Å². The molecular weight excluding hydrogens is 244 g/mol. The van der Waals surface area contributed by atoms with Crippen LogP contribution in [0.2, 0.25) is 0 Å². The summed E-state index contributed by atoms with van der Waals surface area (Å²) < 4.78 is 5.38. The molecule has 0 aliphatic rings. The molecule has 2 aromatic rings. The van der Waals surface area contributed by atoms with Crippen LogP contribution in [0.1, 0.15) is 25.0 Å². The number of aryl methyl sites for hydroxylation is 1. The molecule has 2 aromatic carbocycles. The van der Waals surface area contributed by atoms with Crippen LogP contribution in [0.4, 0.5) is 0 Å². The first-order valence-electron chi connectivity index (χ1n) is 6.92. The van der Waals surface area contributed by atoms with Gasteiger partial charge in [-0.1, -0.05) is 60.7 Å². The smallest absolute Gasteiger partial charge is 0.0805 e. The standard InChI is InChI=1S/C19H22O/c1-15-7-5-6-8-18(15)17-11-9-16(10-12-17)13-14-19(2,3)20-4/h5-14H,1-4H3. The molecule has 0 spiro atoms. The average Bonchev–Trinajstić information content (AvgIpc) is 2.46. The summed E-state index contributed by atoms with van der Waals surface area (Å²) in [4.78, 5) is 0. The highest BCUT2D eigenvalue weighted by molar-refractivity contribution is 5.68. The van der Waals surface area contributed by atoms with E-state index in [-0.39, 0.29) is 5.60 Å². The lowest BCUT2D eigenvalue weighted by molar-refractivity contribution is 0.0663. The second-order valence-electron chi connectivity index (χ2n) is 5.58. The maximum absolute atomic E-state index is 5.38. The molecule has 2 rings (SSSR count). The molecule has 0 aromatic heterocycles. The molecular formula is C19H22O. The summed E-state index contributed by atoms with van der Waals surface area (Å²) in [6.45, 7) is 6.24.